The molecule has 2 N–H and O–H groups in total. The molecule has 0 aliphatic carbocycles. The molecule has 0 aliphatic heterocycles. The summed E-state index contributed by atoms with van der Waals surface area (Å²) in [5.41, 5.74) is -1.94. The average molecular weight is 234 g/mol. The Hall–Kier alpha value is -1.63. The van der Waals surface area contributed by atoms with Crippen LogP contribution in [0.1, 0.15) is 11.3 Å². The molecule has 0 aromatic carbocycles. The number of nitrogens with one attached hydrogen (secondary N) is 1. The average Bonchev–Trinajstić information content (AvgIpc) is 2.15. The first-order chi connectivity index (χ1) is 7.36. The highest BCUT2D eigenvalue weighted by Crippen LogP contribution is 2.29. The van der Waals surface area contributed by atoms with E-state index in [0.29, 0.717) is 0 Å². The van der Waals surface area contributed by atoms with Crippen molar-refractivity contribution in [1.82, 2.24) is 0 Å². The smallest absolute Gasteiger partial charge is 0.479 e. The SMILES string of the molecule is N=C(CO)Cc1ccc[n+]([O-])c1C(F)(F)F. The molecule has 0 radical (unpaired) electrons. The van der Waals surface area contributed by atoms with Crippen LogP contribution in [0.3, 0.4) is 0 Å². The van der Waals surface area contributed by atoms with E-state index >= 15 is 0 Å². The number of halogens is 3. The summed E-state index contributed by atoms with van der Waals surface area (Å²) in [5, 5.41) is 26.7. The predicted molar refractivity (Wildman–Crippen MR) is 48.9 cm³/mol. The van der Waals surface area contributed by atoms with Crippen LogP contribution in [0.4, 0.5) is 13.2 Å². The summed E-state index contributed by atoms with van der Waals surface area (Å²) < 4.78 is 37.3. The van der Waals surface area contributed by atoms with Crippen LogP contribution in [0.2, 0.25) is 0 Å². The standard InChI is InChI=1S/C9H9F3N2O2/c10-9(11,12)8-6(4-7(13)5-15)2-1-3-14(8)16/h1-3,13,15H,4-5H2. The maximum atomic E-state index is 12.5. The first kappa shape index (κ1) is 12.4. The minimum Gasteiger partial charge on any atom is -0.618 e. The molecule has 1 heterocycles. The molecule has 1 aromatic rings. The highest BCUT2D eigenvalue weighted by atomic mass is 19.4. The highest BCUT2D eigenvalue weighted by Gasteiger charge is 2.42. The normalized spacial score (nSPS) is 11.5. The molecule has 0 unspecified atom stereocenters. The fourth-order valence-electron chi connectivity index (χ4n) is 1.27. The van der Waals surface area contributed by atoms with Crippen molar-refractivity contribution >= 4 is 5.71 Å². The van der Waals surface area contributed by atoms with Gasteiger partial charge in [-0.25, -0.2) is 0 Å². The molecule has 0 bridgehead atoms. The molecule has 1 rings (SSSR count). The number of aliphatic hydroxyl groups excluding tert-OH is 1. The van der Waals surface area contributed by atoms with Gasteiger partial charge in [0, 0.05) is 23.8 Å². The minimum atomic E-state index is -4.77. The molecular weight excluding hydrogens is 225 g/mol. The number of hydrogen-bond donors (Lipinski definition) is 2. The zero-order valence-electron chi connectivity index (χ0n) is 8.08. The van der Waals surface area contributed by atoms with Gasteiger partial charge in [-0.2, -0.15) is 17.9 Å². The van der Waals surface area contributed by atoms with E-state index in [9.17, 15) is 18.4 Å². The summed E-state index contributed by atoms with van der Waals surface area (Å²) in [6, 6.07) is 2.28. The lowest BCUT2D eigenvalue weighted by atomic mass is 10.1. The van der Waals surface area contributed by atoms with Crippen molar-refractivity contribution in [2.75, 3.05) is 6.61 Å². The highest BCUT2D eigenvalue weighted by molar-refractivity contribution is 5.84. The zero-order chi connectivity index (χ0) is 12.3. The Bertz CT molecular complexity index is 404. The van der Waals surface area contributed by atoms with Crippen LogP contribution in [-0.2, 0) is 12.6 Å². The first-order valence-corrected chi connectivity index (χ1v) is 4.31. The maximum absolute atomic E-state index is 12.5. The second-order valence-electron chi connectivity index (χ2n) is 3.14. The van der Waals surface area contributed by atoms with Crippen LogP contribution >= 0.6 is 0 Å². The predicted octanol–water partition coefficient (Wildman–Crippen LogP) is 0.893. The number of hydrogen-bond acceptors (Lipinski definition) is 3. The van der Waals surface area contributed by atoms with Crippen LogP contribution in [0.15, 0.2) is 18.3 Å². The first-order valence-electron chi connectivity index (χ1n) is 4.31. The van der Waals surface area contributed by atoms with Crippen molar-refractivity contribution in [2.45, 2.75) is 12.6 Å². The van der Waals surface area contributed by atoms with Gasteiger partial charge in [-0.1, -0.05) is 0 Å². The van der Waals surface area contributed by atoms with Crippen molar-refractivity contribution in [3.05, 3.63) is 34.8 Å². The molecule has 88 valence electrons. The van der Waals surface area contributed by atoms with Crippen molar-refractivity contribution in [2.24, 2.45) is 0 Å². The monoisotopic (exact) mass is 234 g/mol. The molecular formula is C9H9F3N2O2. The Morgan fingerprint density at radius 3 is 2.62 bits per heavy atom. The van der Waals surface area contributed by atoms with Crippen LogP contribution in [0.25, 0.3) is 0 Å². The Kier molecular flexibility index (Phi) is 3.48. The molecule has 0 aliphatic rings. The van der Waals surface area contributed by atoms with Gasteiger partial charge in [-0.3, -0.25) is 0 Å². The lowest BCUT2D eigenvalue weighted by molar-refractivity contribution is -0.629. The second-order valence-corrected chi connectivity index (χ2v) is 3.14. The van der Waals surface area contributed by atoms with Crippen molar-refractivity contribution < 1.29 is 23.0 Å². The van der Waals surface area contributed by atoms with Gasteiger partial charge in [0.1, 0.15) is 0 Å². The molecule has 0 atom stereocenters. The fraction of sp³-hybridized carbons (Fsp3) is 0.333. The Morgan fingerprint density at radius 2 is 2.12 bits per heavy atom. The molecule has 0 spiro atoms. The summed E-state index contributed by atoms with van der Waals surface area (Å²) >= 11 is 0. The van der Waals surface area contributed by atoms with Gasteiger partial charge in [-0.05, 0) is 6.07 Å². The van der Waals surface area contributed by atoms with Crippen LogP contribution in [0, 0.1) is 10.6 Å². The summed E-state index contributed by atoms with van der Waals surface area (Å²) in [6.45, 7) is -0.634. The third kappa shape index (κ3) is 2.69. The van der Waals surface area contributed by atoms with Gasteiger partial charge in [0.2, 0.25) is 0 Å². The Labute approximate surface area is 89.0 Å². The van der Waals surface area contributed by atoms with Gasteiger partial charge in [0.15, 0.2) is 6.20 Å². The summed E-state index contributed by atoms with van der Waals surface area (Å²) in [5.74, 6) is 0. The van der Waals surface area contributed by atoms with E-state index in [1.807, 2.05) is 0 Å². The molecule has 0 saturated heterocycles. The summed E-state index contributed by atoms with van der Waals surface area (Å²) in [6.07, 6.45) is -4.42. The molecule has 0 amide bonds. The van der Waals surface area contributed by atoms with Crippen molar-refractivity contribution in [3.8, 4) is 0 Å². The van der Waals surface area contributed by atoms with Gasteiger partial charge < -0.3 is 15.7 Å². The van der Waals surface area contributed by atoms with Gasteiger partial charge in [0.05, 0.1) is 6.61 Å². The number of aliphatic hydroxyl groups is 1. The molecule has 1 aromatic heterocycles. The lowest BCUT2D eigenvalue weighted by Gasteiger charge is -2.11. The molecule has 4 nitrogen and oxygen atoms in total. The Morgan fingerprint density at radius 1 is 1.50 bits per heavy atom. The number of alkyl halides is 3. The molecule has 0 saturated carbocycles. The van der Waals surface area contributed by atoms with E-state index in [1.165, 1.54) is 6.07 Å². The number of nitrogens with zero attached hydrogens (tertiary/aromatic N) is 1. The van der Waals surface area contributed by atoms with E-state index < -0.39 is 24.9 Å². The maximum Gasteiger partial charge on any atom is 0.479 e. The zero-order valence-corrected chi connectivity index (χ0v) is 8.08. The summed E-state index contributed by atoms with van der Waals surface area (Å²) in [7, 11) is 0. The minimum absolute atomic E-state index is 0.278. The quantitative estimate of drug-likeness (QED) is 0.463. The largest absolute Gasteiger partial charge is 0.618 e. The molecule has 7 heteroatoms. The number of aromatic nitrogens is 1. The Balaban J connectivity index is 3.18. The van der Waals surface area contributed by atoms with E-state index in [1.54, 1.807) is 0 Å². The molecule has 16 heavy (non-hydrogen) atoms. The third-order valence-corrected chi connectivity index (χ3v) is 1.91. The lowest BCUT2D eigenvalue weighted by Crippen LogP contribution is -2.38. The van der Waals surface area contributed by atoms with Crippen LogP contribution in [-0.4, -0.2) is 17.4 Å². The van der Waals surface area contributed by atoms with Gasteiger partial charge in [-0.15, -0.1) is 0 Å². The third-order valence-electron chi connectivity index (χ3n) is 1.91. The number of rotatable bonds is 3. The second kappa shape index (κ2) is 4.48. The molecule has 0 fully saturated rings. The van der Waals surface area contributed by atoms with Crippen LogP contribution < -0.4 is 4.73 Å². The van der Waals surface area contributed by atoms with E-state index in [0.717, 1.165) is 12.3 Å². The van der Waals surface area contributed by atoms with E-state index in [-0.39, 0.29) is 16.0 Å². The van der Waals surface area contributed by atoms with E-state index in [2.05, 4.69) is 0 Å². The van der Waals surface area contributed by atoms with Gasteiger partial charge in [0.25, 0.3) is 0 Å². The summed E-state index contributed by atoms with van der Waals surface area (Å²) in [4.78, 5) is 0. The van der Waals surface area contributed by atoms with Crippen molar-refractivity contribution in [3.63, 3.8) is 0 Å². The fourth-order valence-corrected chi connectivity index (χ4v) is 1.27. The van der Waals surface area contributed by atoms with Crippen LogP contribution in [0.5, 0.6) is 0 Å². The van der Waals surface area contributed by atoms with Crippen molar-refractivity contribution in [1.29, 1.82) is 5.41 Å². The van der Waals surface area contributed by atoms with Gasteiger partial charge >= 0.3 is 11.9 Å². The topological polar surface area (TPSA) is 71.0 Å². The number of pyridine rings is 1. The van der Waals surface area contributed by atoms with E-state index in [4.69, 9.17) is 10.5 Å².